The molecule has 0 saturated heterocycles. The van der Waals surface area contributed by atoms with E-state index >= 15 is 0 Å². The van der Waals surface area contributed by atoms with Crippen LogP contribution in [0.2, 0.25) is 5.02 Å². The molecule has 2 unspecified atom stereocenters. The number of hydrogen-bond acceptors (Lipinski definition) is 2. The van der Waals surface area contributed by atoms with Crippen LogP contribution in [0.25, 0.3) is 0 Å². The fourth-order valence-electron chi connectivity index (χ4n) is 2.55. The summed E-state index contributed by atoms with van der Waals surface area (Å²) in [6.07, 6.45) is 7.16. The normalized spacial score (nSPS) is 24.2. The van der Waals surface area contributed by atoms with Gasteiger partial charge in [-0.2, -0.15) is 11.8 Å². The predicted molar refractivity (Wildman–Crippen MR) is 77.8 cm³/mol. The van der Waals surface area contributed by atoms with Crippen molar-refractivity contribution in [1.82, 2.24) is 5.32 Å². The molecular formula is C14H19ClFNS. The first-order chi connectivity index (χ1) is 8.72. The van der Waals surface area contributed by atoms with E-state index in [4.69, 9.17) is 11.6 Å². The topological polar surface area (TPSA) is 12.0 Å². The smallest absolute Gasteiger partial charge is 0.129 e. The van der Waals surface area contributed by atoms with E-state index in [0.717, 1.165) is 0 Å². The largest absolute Gasteiger partial charge is 0.309 e. The second kappa shape index (κ2) is 6.78. The van der Waals surface area contributed by atoms with Crippen LogP contribution in [0.1, 0.15) is 31.2 Å². The molecule has 0 heterocycles. The van der Waals surface area contributed by atoms with Gasteiger partial charge in [0.1, 0.15) is 5.82 Å². The lowest BCUT2D eigenvalue weighted by Gasteiger charge is -2.31. The summed E-state index contributed by atoms with van der Waals surface area (Å²) in [5.74, 6) is -0.216. The lowest BCUT2D eigenvalue weighted by Crippen LogP contribution is -2.40. The Morgan fingerprint density at radius 1 is 1.39 bits per heavy atom. The van der Waals surface area contributed by atoms with Crippen LogP contribution in [-0.2, 0) is 6.54 Å². The molecule has 0 radical (unpaired) electrons. The SMILES string of the molecule is CSC1CCCCC1NCc1c(F)cccc1Cl. The summed E-state index contributed by atoms with van der Waals surface area (Å²) in [7, 11) is 0. The molecule has 1 nitrogen and oxygen atoms in total. The first-order valence-corrected chi connectivity index (χ1v) is 8.08. The predicted octanol–water partition coefficient (Wildman–Crippen LogP) is 4.24. The third kappa shape index (κ3) is 3.40. The summed E-state index contributed by atoms with van der Waals surface area (Å²) in [5.41, 5.74) is 0.588. The van der Waals surface area contributed by atoms with Gasteiger partial charge in [-0.05, 0) is 31.2 Å². The van der Waals surface area contributed by atoms with Gasteiger partial charge in [-0.1, -0.05) is 30.5 Å². The third-order valence-corrected chi connectivity index (χ3v) is 5.13. The lowest BCUT2D eigenvalue weighted by atomic mass is 9.94. The molecule has 1 aliphatic rings. The molecule has 1 fully saturated rings. The van der Waals surface area contributed by atoms with E-state index in [9.17, 15) is 4.39 Å². The highest BCUT2D eigenvalue weighted by Crippen LogP contribution is 2.28. The maximum atomic E-state index is 13.7. The minimum atomic E-state index is -0.216. The van der Waals surface area contributed by atoms with Gasteiger partial charge in [0.05, 0.1) is 0 Å². The van der Waals surface area contributed by atoms with Crippen molar-refractivity contribution in [3.63, 3.8) is 0 Å². The number of benzene rings is 1. The van der Waals surface area contributed by atoms with Crippen LogP contribution in [0.5, 0.6) is 0 Å². The highest BCUT2D eigenvalue weighted by Gasteiger charge is 2.24. The van der Waals surface area contributed by atoms with Crippen molar-refractivity contribution in [1.29, 1.82) is 0 Å². The Morgan fingerprint density at radius 3 is 2.89 bits per heavy atom. The van der Waals surface area contributed by atoms with Gasteiger partial charge in [0, 0.05) is 28.4 Å². The fourth-order valence-corrected chi connectivity index (χ4v) is 3.74. The van der Waals surface area contributed by atoms with Crippen molar-refractivity contribution < 1.29 is 4.39 Å². The van der Waals surface area contributed by atoms with Crippen molar-refractivity contribution in [2.75, 3.05) is 6.26 Å². The number of halogens is 2. The summed E-state index contributed by atoms with van der Waals surface area (Å²) < 4.78 is 13.7. The van der Waals surface area contributed by atoms with E-state index in [-0.39, 0.29) is 5.82 Å². The monoisotopic (exact) mass is 287 g/mol. The van der Waals surface area contributed by atoms with Crippen LogP contribution in [0.15, 0.2) is 18.2 Å². The molecule has 2 atom stereocenters. The average molecular weight is 288 g/mol. The number of thioether (sulfide) groups is 1. The molecule has 1 aliphatic carbocycles. The van der Waals surface area contributed by atoms with Crippen LogP contribution in [0.3, 0.4) is 0 Å². The Kier molecular flexibility index (Phi) is 5.34. The zero-order valence-electron chi connectivity index (χ0n) is 10.6. The van der Waals surface area contributed by atoms with Gasteiger partial charge in [-0.3, -0.25) is 0 Å². The van der Waals surface area contributed by atoms with Gasteiger partial charge in [0.15, 0.2) is 0 Å². The molecule has 1 saturated carbocycles. The van der Waals surface area contributed by atoms with Crippen LogP contribution in [-0.4, -0.2) is 17.5 Å². The highest BCUT2D eigenvalue weighted by molar-refractivity contribution is 7.99. The van der Waals surface area contributed by atoms with Crippen LogP contribution in [0, 0.1) is 5.82 Å². The maximum absolute atomic E-state index is 13.7. The number of rotatable bonds is 4. The summed E-state index contributed by atoms with van der Waals surface area (Å²) >= 11 is 7.94. The van der Waals surface area contributed by atoms with Gasteiger partial charge in [-0.25, -0.2) is 4.39 Å². The second-order valence-electron chi connectivity index (χ2n) is 4.75. The van der Waals surface area contributed by atoms with Gasteiger partial charge >= 0.3 is 0 Å². The Bertz CT molecular complexity index is 379. The summed E-state index contributed by atoms with van der Waals surface area (Å²) in [5, 5.41) is 4.63. The van der Waals surface area contributed by atoms with E-state index in [0.29, 0.717) is 28.4 Å². The van der Waals surface area contributed by atoms with Gasteiger partial charge in [0.25, 0.3) is 0 Å². The minimum Gasteiger partial charge on any atom is -0.309 e. The first-order valence-electron chi connectivity index (χ1n) is 6.41. The van der Waals surface area contributed by atoms with Crippen molar-refractivity contribution in [3.8, 4) is 0 Å². The zero-order valence-corrected chi connectivity index (χ0v) is 12.2. The number of hydrogen-bond donors (Lipinski definition) is 1. The molecular weight excluding hydrogens is 269 g/mol. The molecule has 0 aliphatic heterocycles. The molecule has 4 heteroatoms. The van der Waals surface area contributed by atoms with Gasteiger partial charge in [-0.15, -0.1) is 0 Å². The van der Waals surface area contributed by atoms with Crippen molar-refractivity contribution in [2.45, 2.75) is 43.5 Å². The van der Waals surface area contributed by atoms with E-state index in [1.54, 1.807) is 12.1 Å². The molecule has 2 rings (SSSR count). The third-order valence-electron chi connectivity index (χ3n) is 3.61. The lowest BCUT2D eigenvalue weighted by molar-refractivity contribution is 0.380. The molecule has 100 valence electrons. The van der Waals surface area contributed by atoms with Crippen molar-refractivity contribution >= 4 is 23.4 Å². The fraction of sp³-hybridized carbons (Fsp3) is 0.571. The highest BCUT2D eigenvalue weighted by atomic mass is 35.5. The Hall–Kier alpha value is -0.250. The molecule has 1 aromatic carbocycles. The van der Waals surface area contributed by atoms with E-state index < -0.39 is 0 Å². The standard InChI is InChI=1S/C14H19ClFNS/c1-18-14-8-3-2-7-13(14)17-9-10-11(15)5-4-6-12(10)16/h4-6,13-14,17H,2-3,7-9H2,1H3. The zero-order chi connectivity index (χ0) is 13.0. The molecule has 0 bridgehead atoms. The molecule has 1 aromatic rings. The van der Waals surface area contributed by atoms with E-state index in [1.807, 2.05) is 11.8 Å². The van der Waals surface area contributed by atoms with Crippen LogP contribution in [0.4, 0.5) is 4.39 Å². The molecule has 1 N–H and O–H groups in total. The Balaban J connectivity index is 1.98. The van der Waals surface area contributed by atoms with E-state index in [2.05, 4.69) is 11.6 Å². The molecule has 0 amide bonds. The Morgan fingerprint density at radius 2 is 2.17 bits per heavy atom. The summed E-state index contributed by atoms with van der Waals surface area (Å²) in [6, 6.07) is 5.33. The van der Waals surface area contributed by atoms with Crippen molar-refractivity contribution in [2.24, 2.45) is 0 Å². The second-order valence-corrected chi connectivity index (χ2v) is 6.23. The maximum Gasteiger partial charge on any atom is 0.129 e. The Labute approximate surface area is 117 Å². The number of nitrogens with one attached hydrogen (secondary N) is 1. The summed E-state index contributed by atoms with van der Waals surface area (Å²) in [4.78, 5) is 0. The van der Waals surface area contributed by atoms with Crippen molar-refractivity contribution in [3.05, 3.63) is 34.6 Å². The van der Waals surface area contributed by atoms with Gasteiger partial charge in [0.2, 0.25) is 0 Å². The summed E-state index contributed by atoms with van der Waals surface area (Å²) in [6.45, 7) is 0.521. The minimum absolute atomic E-state index is 0.216. The first kappa shape index (κ1) is 14.2. The quantitative estimate of drug-likeness (QED) is 0.889. The molecule has 0 aromatic heterocycles. The molecule has 18 heavy (non-hydrogen) atoms. The van der Waals surface area contributed by atoms with Crippen LogP contribution >= 0.6 is 23.4 Å². The van der Waals surface area contributed by atoms with Crippen LogP contribution < -0.4 is 5.32 Å². The molecule has 0 spiro atoms. The average Bonchev–Trinajstić information content (AvgIpc) is 2.38. The van der Waals surface area contributed by atoms with Gasteiger partial charge < -0.3 is 5.32 Å². The van der Waals surface area contributed by atoms with E-state index in [1.165, 1.54) is 31.7 Å².